The van der Waals surface area contributed by atoms with E-state index in [1.54, 1.807) is 0 Å². The first-order valence-corrected chi connectivity index (χ1v) is 6.20. The lowest BCUT2D eigenvalue weighted by molar-refractivity contribution is -0.123. The summed E-state index contributed by atoms with van der Waals surface area (Å²) in [7, 11) is 0. The zero-order chi connectivity index (χ0) is 12.4. The van der Waals surface area contributed by atoms with Crippen LogP contribution in [-0.2, 0) is 4.79 Å². The molecule has 1 aromatic carbocycles. The maximum absolute atomic E-state index is 11.8. The Kier molecular flexibility index (Phi) is 3.48. The lowest BCUT2D eigenvalue weighted by Crippen LogP contribution is -2.45. The Labute approximate surface area is 102 Å². The van der Waals surface area contributed by atoms with Gasteiger partial charge in [0.25, 0.3) is 0 Å². The Morgan fingerprint density at radius 1 is 1.35 bits per heavy atom. The standard InChI is InChI=1S/C14H20N2O/c1-9(2)13(15)14(17)16-12-8-11(12)10-6-4-3-5-7-10/h3-7,9,11-13H,8,15H2,1-2H3,(H,16,17)/t11?,12?,13-/m1/s1. The normalized spacial score (nSPS) is 24.5. The SMILES string of the molecule is CC(C)[C@@H](N)C(=O)NC1CC1c1ccccc1. The zero-order valence-corrected chi connectivity index (χ0v) is 10.4. The average molecular weight is 232 g/mol. The maximum Gasteiger partial charge on any atom is 0.237 e. The first kappa shape index (κ1) is 12.1. The molecule has 0 aromatic heterocycles. The van der Waals surface area contributed by atoms with E-state index in [4.69, 9.17) is 5.73 Å². The summed E-state index contributed by atoms with van der Waals surface area (Å²) in [5.41, 5.74) is 7.11. The molecule has 0 heterocycles. The molecule has 0 saturated heterocycles. The lowest BCUT2D eigenvalue weighted by Gasteiger charge is -2.15. The predicted molar refractivity (Wildman–Crippen MR) is 68.5 cm³/mol. The molecule has 3 heteroatoms. The van der Waals surface area contributed by atoms with Gasteiger partial charge in [0, 0.05) is 12.0 Å². The molecule has 0 spiro atoms. The van der Waals surface area contributed by atoms with Crippen molar-refractivity contribution in [3.63, 3.8) is 0 Å². The molecule has 0 radical (unpaired) electrons. The summed E-state index contributed by atoms with van der Waals surface area (Å²) < 4.78 is 0. The Hall–Kier alpha value is -1.35. The van der Waals surface area contributed by atoms with E-state index in [1.165, 1.54) is 5.56 Å². The van der Waals surface area contributed by atoms with Gasteiger partial charge in [-0.25, -0.2) is 0 Å². The van der Waals surface area contributed by atoms with Crippen LogP contribution in [0.1, 0.15) is 31.7 Å². The minimum absolute atomic E-state index is 0.0246. The van der Waals surface area contributed by atoms with Gasteiger partial charge in [0.15, 0.2) is 0 Å². The molecule has 92 valence electrons. The van der Waals surface area contributed by atoms with E-state index in [2.05, 4.69) is 17.4 Å². The van der Waals surface area contributed by atoms with Crippen molar-refractivity contribution in [2.24, 2.45) is 11.7 Å². The molecule has 0 aliphatic heterocycles. The number of rotatable bonds is 4. The molecular weight excluding hydrogens is 212 g/mol. The van der Waals surface area contributed by atoms with Crippen LogP contribution >= 0.6 is 0 Å². The molecule has 1 aromatic rings. The van der Waals surface area contributed by atoms with Crippen LogP contribution in [0.5, 0.6) is 0 Å². The summed E-state index contributed by atoms with van der Waals surface area (Å²) in [6.45, 7) is 3.93. The van der Waals surface area contributed by atoms with Gasteiger partial charge in [-0.15, -0.1) is 0 Å². The van der Waals surface area contributed by atoms with Crippen LogP contribution in [0.2, 0.25) is 0 Å². The number of carbonyl (C=O) groups excluding carboxylic acids is 1. The Balaban J connectivity index is 1.86. The Bertz CT molecular complexity index is 388. The second-order valence-corrected chi connectivity index (χ2v) is 5.14. The van der Waals surface area contributed by atoms with Gasteiger partial charge in [0.05, 0.1) is 6.04 Å². The lowest BCUT2D eigenvalue weighted by atomic mass is 10.0. The van der Waals surface area contributed by atoms with Crippen LogP contribution in [0.3, 0.4) is 0 Å². The summed E-state index contributed by atoms with van der Waals surface area (Å²) in [5.74, 6) is 0.631. The molecule has 1 amide bonds. The van der Waals surface area contributed by atoms with Crippen molar-refractivity contribution in [3.05, 3.63) is 35.9 Å². The van der Waals surface area contributed by atoms with Gasteiger partial charge < -0.3 is 11.1 Å². The fourth-order valence-corrected chi connectivity index (χ4v) is 2.00. The van der Waals surface area contributed by atoms with Gasteiger partial charge in [0.2, 0.25) is 5.91 Å². The summed E-state index contributed by atoms with van der Waals surface area (Å²) >= 11 is 0. The maximum atomic E-state index is 11.8. The second kappa shape index (κ2) is 4.88. The highest BCUT2D eigenvalue weighted by atomic mass is 16.2. The van der Waals surface area contributed by atoms with Crippen LogP contribution in [0.4, 0.5) is 0 Å². The first-order valence-electron chi connectivity index (χ1n) is 6.20. The van der Waals surface area contributed by atoms with Crippen LogP contribution < -0.4 is 11.1 Å². The number of benzene rings is 1. The van der Waals surface area contributed by atoms with Gasteiger partial charge in [0.1, 0.15) is 0 Å². The van der Waals surface area contributed by atoms with E-state index in [9.17, 15) is 4.79 Å². The second-order valence-electron chi connectivity index (χ2n) is 5.14. The molecule has 3 nitrogen and oxygen atoms in total. The molecular formula is C14H20N2O. The quantitative estimate of drug-likeness (QED) is 0.829. The van der Waals surface area contributed by atoms with Crippen LogP contribution in [0.15, 0.2) is 30.3 Å². The number of amides is 1. The largest absolute Gasteiger partial charge is 0.351 e. The van der Waals surface area contributed by atoms with E-state index >= 15 is 0 Å². The van der Waals surface area contributed by atoms with Crippen molar-refractivity contribution in [2.75, 3.05) is 0 Å². The molecule has 2 unspecified atom stereocenters. The summed E-state index contributed by atoms with van der Waals surface area (Å²) in [4.78, 5) is 11.8. The number of carbonyl (C=O) groups is 1. The van der Waals surface area contributed by atoms with Crippen molar-refractivity contribution < 1.29 is 4.79 Å². The van der Waals surface area contributed by atoms with Gasteiger partial charge in [-0.2, -0.15) is 0 Å². The molecule has 3 atom stereocenters. The van der Waals surface area contributed by atoms with Crippen LogP contribution in [0.25, 0.3) is 0 Å². The molecule has 1 aliphatic rings. The molecule has 0 bridgehead atoms. The van der Waals surface area contributed by atoms with Crippen molar-refractivity contribution in [1.82, 2.24) is 5.32 Å². The number of nitrogens with two attached hydrogens (primary N) is 1. The first-order chi connectivity index (χ1) is 8.09. The Morgan fingerprint density at radius 3 is 2.59 bits per heavy atom. The summed E-state index contributed by atoms with van der Waals surface area (Å²) in [6.07, 6.45) is 1.03. The number of hydrogen-bond acceptors (Lipinski definition) is 2. The van der Waals surface area contributed by atoms with Crippen molar-refractivity contribution in [2.45, 2.75) is 38.3 Å². The number of nitrogens with one attached hydrogen (secondary N) is 1. The van der Waals surface area contributed by atoms with Gasteiger partial charge in [-0.1, -0.05) is 44.2 Å². The average Bonchev–Trinajstić information content (AvgIpc) is 3.08. The number of hydrogen-bond donors (Lipinski definition) is 2. The Morgan fingerprint density at radius 2 is 2.00 bits per heavy atom. The third-order valence-electron chi connectivity index (χ3n) is 3.37. The highest BCUT2D eigenvalue weighted by molar-refractivity contribution is 5.82. The minimum atomic E-state index is -0.396. The molecule has 1 saturated carbocycles. The van der Waals surface area contributed by atoms with Crippen molar-refractivity contribution >= 4 is 5.91 Å². The molecule has 2 rings (SSSR count). The third kappa shape index (κ3) is 2.86. The smallest absolute Gasteiger partial charge is 0.237 e. The molecule has 3 N–H and O–H groups in total. The van der Waals surface area contributed by atoms with Crippen LogP contribution in [-0.4, -0.2) is 18.0 Å². The highest BCUT2D eigenvalue weighted by Crippen LogP contribution is 2.40. The fourth-order valence-electron chi connectivity index (χ4n) is 2.00. The van der Waals surface area contributed by atoms with Gasteiger partial charge in [-0.3, -0.25) is 4.79 Å². The van der Waals surface area contributed by atoms with E-state index in [-0.39, 0.29) is 17.9 Å². The molecule has 1 fully saturated rings. The van der Waals surface area contributed by atoms with E-state index in [1.807, 2.05) is 32.0 Å². The van der Waals surface area contributed by atoms with E-state index in [0.717, 1.165) is 6.42 Å². The van der Waals surface area contributed by atoms with Crippen molar-refractivity contribution in [3.8, 4) is 0 Å². The van der Waals surface area contributed by atoms with Gasteiger partial charge in [-0.05, 0) is 17.9 Å². The summed E-state index contributed by atoms with van der Waals surface area (Å²) in [6, 6.07) is 10.2. The fraction of sp³-hybridized carbons (Fsp3) is 0.500. The zero-order valence-electron chi connectivity index (χ0n) is 10.4. The van der Waals surface area contributed by atoms with Gasteiger partial charge >= 0.3 is 0 Å². The highest BCUT2D eigenvalue weighted by Gasteiger charge is 2.40. The van der Waals surface area contributed by atoms with Crippen LogP contribution in [0, 0.1) is 5.92 Å². The molecule has 1 aliphatic carbocycles. The van der Waals surface area contributed by atoms with Crippen molar-refractivity contribution in [1.29, 1.82) is 0 Å². The molecule has 17 heavy (non-hydrogen) atoms. The monoisotopic (exact) mass is 232 g/mol. The van der Waals surface area contributed by atoms with E-state index < -0.39 is 6.04 Å². The topological polar surface area (TPSA) is 55.1 Å². The third-order valence-corrected chi connectivity index (χ3v) is 3.37. The van der Waals surface area contributed by atoms with E-state index in [0.29, 0.717) is 5.92 Å². The minimum Gasteiger partial charge on any atom is -0.351 e. The predicted octanol–water partition coefficient (Wildman–Crippen LogP) is 1.64. The summed E-state index contributed by atoms with van der Waals surface area (Å²) in [5, 5.41) is 3.02.